The van der Waals surface area contributed by atoms with Crippen molar-refractivity contribution in [1.82, 2.24) is 0 Å². The molecule has 0 nitrogen and oxygen atoms in total. The van der Waals surface area contributed by atoms with Crippen LogP contribution in [0.15, 0.2) is 83.4 Å². The van der Waals surface area contributed by atoms with Gasteiger partial charge in [0.2, 0.25) is 0 Å². The number of hydrogen-bond donors (Lipinski definition) is 0. The van der Waals surface area contributed by atoms with E-state index in [1.807, 2.05) is 0 Å². The van der Waals surface area contributed by atoms with Gasteiger partial charge in [0.15, 0.2) is 0 Å². The van der Waals surface area contributed by atoms with Crippen LogP contribution in [0.1, 0.15) is 41.5 Å². The van der Waals surface area contributed by atoms with Gasteiger partial charge in [-0.3, -0.25) is 6.08 Å². The predicted octanol–water partition coefficient (Wildman–Crippen LogP) is 9.09. The van der Waals surface area contributed by atoms with Crippen molar-refractivity contribution >= 4 is 42.5 Å². The molecule has 4 rings (SSSR count). The Morgan fingerprint density at radius 1 is 0.844 bits per heavy atom. The van der Waals surface area contributed by atoms with E-state index in [1.165, 1.54) is 62.0 Å². The van der Waals surface area contributed by atoms with Gasteiger partial charge in [-0.1, -0.05) is 68.7 Å². The quantitative estimate of drug-likeness (QED) is 0.205. The molecule has 0 spiro atoms. The van der Waals surface area contributed by atoms with Gasteiger partial charge in [-0.15, -0.1) is 78.4 Å². The summed E-state index contributed by atoms with van der Waals surface area (Å²) in [6, 6.07) is 23.4. The number of halogens is 2. The van der Waals surface area contributed by atoms with Crippen LogP contribution in [-0.2, 0) is 23.3 Å². The van der Waals surface area contributed by atoms with Gasteiger partial charge < -0.3 is 13.8 Å². The summed E-state index contributed by atoms with van der Waals surface area (Å²) < 4.78 is 0. The van der Waals surface area contributed by atoms with Crippen LogP contribution >= 0.6 is 24.8 Å². The molecular weight excluding hydrogens is 527 g/mol. The minimum absolute atomic E-state index is 0. The molecule has 0 heterocycles. The molecule has 3 aromatic carbocycles. The summed E-state index contributed by atoms with van der Waals surface area (Å²) in [5.41, 5.74) is 6.86. The molecular formula is C28H36Cl2SiZr-4. The van der Waals surface area contributed by atoms with Crippen LogP contribution < -0.4 is 0 Å². The summed E-state index contributed by atoms with van der Waals surface area (Å²) in [5.74, 6) is 0.560. The van der Waals surface area contributed by atoms with Gasteiger partial charge in [-0.05, 0) is 0 Å². The van der Waals surface area contributed by atoms with E-state index in [2.05, 4.69) is 121 Å². The first-order chi connectivity index (χ1) is 14.6. The van der Waals surface area contributed by atoms with E-state index < -0.39 is 0 Å². The van der Waals surface area contributed by atoms with Crippen molar-refractivity contribution in [3.63, 3.8) is 0 Å². The smallest absolute Gasteiger partial charge is 0.0623 e. The maximum absolute atomic E-state index is 3.36. The third-order valence-corrected chi connectivity index (χ3v) is 5.00. The van der Waals surface area contributed by atoms with Crippen molar-refractivity contribution in [2.24, 2.45) is 5.92 Å². The van der Waals surface area contributed by atoms with Crippen LogP contribution in [0.4, 0.5) is 0 Å². The molecule has 0 saturated heterocycles. The third kappa shape index (κ3) is 10.4. The zero-order chi connectivity index (χ0) is 23.1. The molecule has 1 unspecified atom stereocenters. The molecule has 0 aliphatic heterocycles. The maximum Gasteiger partial charge on any atom is -0.0623 e. The predicted molar refractivity (Wildman–Crippen MR) is 147 cm³/mol. The van der Waals surface area contributed by atoms with Gasteiger partial charge in [0.1, 0.15) is 0 Å². The molecule has 3 aromatic rings. The number of rotatable bonds is 1. The first-order valence-electron chi connectivity index (χ1n) is 10.2. The fraction of sp³-hybridized carbons (Fsp3) is 0.250. The van der Waals surface area contributed by atoms with E-state index in [-0.39, 0.29) is 24.8 Å². The van der Waals surface area contributed by atoms with Gasteiger partial charge in [0.05, 0.1) is 0 Å². The molecule has 0 amide bonds. The number of benzene rings is 2. The molecule has 4 heteroatoms. The van der Waals surface area contributed by atoms with Crippen LogP contribution in [0.3, 0.4) is 0 Å². The maximum atomic E-state index is 3.36. The number of allylic oxidation sites excluding steroid dienone is 4. The standard InChI is InChI=1S/C15H11.C9H13.2C2H5.2ClH.Si.Zr/c1-2-6-12(7-3-1)15-11-10-13-8-4-5-9-14(13)15;1-6-5-7(2)9(4)8(6)3;2*1-2;;;;/h1-11H;6H,1-4H3;2*1H2,2H3;2*1H;;/q4*-1;;;;. The molecule has 0 bridgehead atoms. The van der Waals surface area contributed by atoms with E-state index in [9.17, 15) is 0 Å². The summed E-state index contributed by atoms with van der Waals surface area (Å²) in [7, 11) is 0. The minimum atomic E-state index is 0. The molecule has 174 valence electrons. The number of hydrogen-bond acceptors (Lipinski definition) is 0. The Balaban J connectivity index is -0.000000432. The van der Waals surface area contributed by atoms with Gasteiger partial charge in [0, 0.05) is 0 Å². The Bertz CT molecular complexity index is 927. The summed E-state index contributed by atoms with van der Waals surface area (Å²) >= 11 is 1.36. The van der Waals surface area contributed by atoms with Crippen LogP contribution in [-0.4, -0.2) is 6.88 Å². The largest absolute Gasteiger partial charge is 0.150 e. The molecule has 0 fully saturated rings. The van der Waals surface area contributed by atoms with Crippen LogP contribution in [0.25, 0.3) is 21.9 Å². The topological polar surface area (TPSA) is 0 Å². The summed E-state index contributed by atoms with van der Waals surface area (Å²) in [5, 5.41) is 2.65. The van der Waals surface area contributed by atoms with Crippen LogP contribution in [0.5, 0.6) is 0 Å². The molecule has 2 radical (unpaired) electrons. The average molecular weight is 563 g/mol. The fourth-order valence-corrected chi connectivity index (χ4v) is 3.18. The van der Waals surface area contributed by atoms with Crippen molar-refractivity contribution in [3.05, 3.63) is 103 Å². The van der Waals surface area contributed by atoms with Crippen LogP contribution in [0.2, 0.25) is 0 Å². The summed E-state index contributed by atoms with van der Waals surface area (Å²) in [4.78, 5) is 0. The Kier molecular flexibility index (Phi) is 23.3. The summed E-state index contributed by atoms with van der Waals surface area (Å²) in [6.07, 6.45) is 3.36. The summed E-state index contributed by atoms with van der Waals surface area (Å²) in [6.45, 7) is 21.7. The fourth-order valence-electron chi connectivity index (χ4n) is 3.18. The first kappa shape index (κ1) is 35.8. The average Bonchev–Trinajstić information content (AvgIpc) is 3.35. The molecule has 1 aliphatic rings. The normalized spacial score (nSPS) is 13.1. The third-order valence-electron chi connectivity index (χ3n) is 5.00. The second-order valence-electron chi connectivity index (χ2n) is 6.50. The molecule has 1 aliphatic carbocycles. The van der Waals surface area contributed by atoms with Crippen molar-refractivity contribution in [2.45, 2.75) is 41.5 Å². The Hall–Kier alpha value is -0.790. The van der Waals surface area contributed by atoms with E-state index in [0.717, 1.165) is 0 Å². The second kappa shape index (κ2) is 20.8. The molecule has 0 aromatic heterocycles. The zero-order valence-corrected chi connectivity index (χ0v) is 25.2. The second-order valence-corrected chi connectivity index (χ2v) is 6.50. The van der Waals surface area contributed by atoms with Gasteiger partial charge in [0.25, 0.3) is 0 Å². The minimum Gasteiger partial charge on any atom is -0.150 e. The van der Waals surface area contributed by atoms with Crippen LogP contribution in [0, 0.1) is 25.8 Å². The van der Waals surface area contributed by atoms with E-state index >= 15 is 0 Å². The van der Waals surface area contributed by atoms with Gasteiger partial charge in [-0.25, -0.2) is 5.57 Å². The monoisotopic (exact) mass is 560 g/mol. The van der Waals surface area contributed by atoms with Crippen molar-refractivity contribution in [1.29, 1.82) is 0 Å². The Labute approximate surface area is 226 Å². The Morgan fingerprint density at radius 2 is 1.34 bits per heavy atom. The van der Waals surface area contributed by atoms with Crippen molar-refractivity contribution in [3.8, 4) is 11.1 Å². The van der Waals surface area contributed by atoms with Gasteiger partial charge in [-0.2, -0.15) is 25.0 Å². The first-order valence-corrected chi connectivity index (χ1v) is 14.4. The molecule has 32 heavy (non-hydrogen) atoms. The Morgan fingerprint density at radius 3 is 1.78 bits per heavy atom. The molecule has 0 saturated carbocycles. The number of fused-ring (bicyclic) bond motifs is 1. The molecule has 0 N–H and O–H groups in total. The van der Waals surface area contributed by atoms with Gasteiger partial charge >= 0.3 is 30.2 Å². The van der Waals surface area contributed by atoms with Crippen molar-refractivity contribution < 1.29 is 23.3 Å². The molecule has 1 atom stereocenters. The SMILES string of the molecule is CC1=[C-]C(C)C(C)=C1C.Cl.Cl.[CH2-]C.[CH2-]C.[Si]=[Zr].c1ccc(-c2c[cH-]c3ccccc23)cc1. The van der Waals surface area contributed by atoms with E-state index in [1.54, 1.807) is 13.8 Å². The van der Waals surface area contributed by atoms with Crippen molar-refractivity contribution in [2.75, 3.05) is 0 Å². The van der Waals surface area contributed by atoms with E-state index in [4.69, 9.17) is 0 Å². The zero-order valence-electron chi connectivity index (χ0n) is 20.2. The van der Waals surface area contributed by atoms with E-state index in [0.29, 0.717) is 5.92 Å².